The number of sulfonamides is 1. The summed E-state index contributed by atoms with van der Waals surface area (Å²) in [5, 5.41) is 5.42. The van der Waals surface area contributed by atoms with Crippen molar-refractivity contribution < 1.29 is 17.9 Å². The van der Waals surface area contributed by atoms with Gasteiger partial charge in [0.15, 0.2) is 12.4 Å². The van der Waals surface area contributed by atoms with Gasteiger partial charge < -0.3 is 10.5 Å². The maximum Gasteiger partial charge on any atom is 0.340 e. The van der Waals surface area contributed by atoms with Crippen LogP contribution in [0.4, 0.5) is 5.82 Å². The molecule has 27 heavy (non-hydrogen) atoms. The van der Waals surface area contributed by atoms with Crippen molar-refractivity contribution in [3.05, 3.63) is 57.8 Å². The zero-order valence-electron chi connectivity index (χ0n) is 13.5. The van der Waals surface area contributed by atoms with Crippen LogP contribution in [0.5, 0.6) is 0 Å². The van der Waals surface area contributed by atoms with E-state index in [9.17, 15) is 13.2 Å². The smallest absolute Gasteiger partial charge is 0.340 e. The molecule has 0 bridgehead atoms. The molecule has 0 saturated carbocycles. The summed E-state index contributed by atoms with van der Waals surface area (Å²) in [6.07, 6.45) is 0. The molecule has 1 aromatic heterocycles. The van der Waals surface area contributed by atoms with Crippen molar-refractivity contribution in [2.75, 3.05) is 5.73 Å². The van der Waals surface area contributed by atoms with Gasteiger partial charge in [0.05, 0.1) is 26.0 Å². The van der Waals surface area contributed by atoms with Crippen LogP contribution in [0.25, 0.3) is 10.9 Å². The minimum atomic E-state index is -4.09. The number of hydrogen-bond donors (Lipinski definition) is 2. The van der Waals surface area contributed by atoms with E-state index in [1.54, 1.807) is 24.3 Å². The molecule has 4 N–H and O–H groups in total. The number of esters is 1. The number of fused-ring (bicyclic) bond motifs is 1. The van der Waals surface area contributed by atoms with Gasteiger partial charge in [0.2, 0.25) is 10.0 Å². The van der Waals surface area contributed by atoms with Gasteiger partial charge in [-0.25, -0.2) is 28.3 Å². The minimum Gasteiger partial charge on any atom is -0.454 e. The Kier molecular flexibility index (Phi) is 5.20. The quantitative estimate of drug-likeness (QED) is 0.610. The second kappa shape index (κ2) is 7.28. The van der Waals surface area contributed by atoms with Gasteiger partial charge in [-0.1, -0.05) is 35.3 Å². The van der Waals surface area contributed by atoms with Gasteiger partial charge in [-0.05, 0) is 24.3 Å². The lowest BCUT2D eigenvalue weighted by atomic mass is 10.2. The number of halogens is 2. The Labute approximate surface area is 164 Å². The molecular formula is C16H12Cl2N4O4S. The number of carbonyl (C=O) groups excluding carboxylic acids is 1. The average Bonchev–Trinajstić information content (AvgIpc) is 2.61. The van der Waals surface area contributed by atoms with Gasteiger partial charge in [0, 0.05) is 5.39 Å². The predicted molar refractivity (Wildman–Crippen MR) is 101 cm³/mol. The molecule has 0 saturated heterocycles. The third-order valence-corrected chi connectivity index (χ3v) is 5.26. The van der Waals surface area contributed by atoms with Crippen LogP contribution in [0.1, 0.15) is 16.2 Å². The number of anilines is 1. The molecule has 11 heteroatoms. The van der Waals surface area contributed by atoms with Gasteiger partial charge in [0.1, 0.15) is 5.82 Å². The summed E-state index contributed by atoms with van der Waals surface area (Å²) in [4.78, 5) is 20.3. The van der Waals surface area contributed by atoms with Crippen molar-refractivity contribution in [3.8, 4) is 0 Å². The molecule has 3 aromatic rings. The van der Waals surface area contributed by atoms with Crippen LogP contribution in [-0.2, 0) is 21.4 Å². The Morgan fingerprint density at radius 1 is 1.15 bits per heavy atom. The molecule has 3 rings (SSSR count). The van der Waals surface area contributed by atoms with Crippen LogP contribution < -0.4 is 10.9 Å². The lowest BCUT2D eigenvalue weighted by molar-refractivity contribution is 0.0462. The predicted octanol–water partition coefficient (Wildman–Crippen LogP) is 2.52. The lowest BCUT2D eigenvalue weighted by Gasteiger charge is -2.09. The van der Waals surface area contributed by atoms with Crippen molar-refractivity contribution in [2.24, 2.45) is 5.14 Å². The summed E-state index contributed by atoms with van der Waals surface area (Å²) in [6, 6.07) is 9.12. The number of ether oxygens (including phenoxy) is 1. The highest BCUT2D eigenvalue weighted by atomic mass is 35.5. The highest BCUT2D eigenvalue weighted by Gasteiger charge is 2.20. The normalized spacial score (nSPS) is 11.5. The first-order valence-electron chi connectivity index (χ1n) is 7.37. The van der Waals surface area contributed by atoms with E-state index in [0.717, 1.165) is 12.1 Å². The second-order valence-electron chi connectivity index (χ2n) is 5.43. The molecule has 0 aliphatic heterocycles. The van der Waals surface area contributed by atoms with Gasteiger partial charge in [-0.15, -0.1) is 0 Å². The minimum absolute atomic E-state index is 0.152. The molecule has 0 aliphatic carbocycles. The fraction of sp³-hybridized carbons (Fsp3) is 0.0625. The van der Waals surface area contributed by atoms with E-state index in [4.69, 9.17) is 38.8 Å². The van der Waals surface area contributed by atoms with E-state index >= 15 is 0 Å². The molecule has 1 heterocycles. The summed E-state index contributed by atoms with van der Waals surface area (Å²) in [7, 11) is -4.09. The Bertz CT molecular complexity index is 1170. The maximum absolute atomic E-state index is 12.3. The van der Waals surface area contributed by atoms with Gasteiger partial charge >= 0.3 is 5.97 Å². The number of primary sulfonamides is 1. The SMILES string of the molecule is Nc1nc(COC(=O)c2cc(S(N)(=O)=O)cc(Cl)c2Cl)nc2ccccc12. The first-order chi connectivity index (χ1) is 12.7. The molecule has 0 aliphatic rings. The maximum atomic E-state index is 12.3. The van der Waals surface area contributed by atoms with Crippen molar-refractivity contribution in [1.29, 1.82) is 0 Å². The number of nitrogens with zero attached hydrogens (tertiary/aromatic N) is 2. The van der Waals surface area contributed by atoms with Crippen molar-refractivity contribution in [1.82, 2.24) is 9.97 Å². The number of nitrogen functional groups attached to an aromatic ring is 1. The molecule has 0 unspecified atom stereocenters. The number of benzene rings is 2. The lowest BCUT2D eigenvalue weighted by Crippen LogP contribution is -2.14. The molecule has 0 atom stereocenters. The first-order valence-corrected chi connectivity index (χ1v) is 9.67. The number of aromatic nitrogens is 2. The molecule has 140 valence electrons. The molecule has 0 fully saturated rings. The van der Waals surface area contributed by atoms with E-state index in [2.05, 4.69) is 9.97 Å². The average molecular weight is 427 g/mol. The third kappa shape index (κ3) is 4.11. The van der Waals surface area contributed by atoms with Crippen LogP contribution in [0.3, 0.4) is 0 Å². The molecule has 0 spiro atoms. The summed E-state index contributed by atoms with van der Waals surface area (Å²) in [5.74, 6) is -0.504. The molecule has 8 nitrogen and oxygen atoms in total. The summed E-state index contributed by atoms with van der Waals surface area (Å²) >= 11 is 11.8. The standard InChI is InChI=1S/C16H12Cl2N4O4S/c17-11-6-8(27(20,24)25)5-10(14(11)18)16(23)26-7-13-21-12-4-2-1-3-9(12)15(19)22-13/h1-6H,7H2,(H2,19,21,22)(H2,20,24,25). The van der Waals surface area contributed by atoms with Crippen LogP contribution in [0.2, 0.25) is 10.0 Å². The second-order valence-corrected chi connectivity index (χ2v) is 7.78. The number of rotatable bonds is 4. The topological polar surface area (TPSA) is 138 Å². The van der Waals surface area contributed by atoms with E-state index in [-0.39, 0.29) is 38.8 Å². The Balaban J connectivity index is 1.87. The molecule has 2 aromatic carbocycles. The Morgan fingerprint density at radius 2 is 1.85 bits per heavy atom. The molecule has 0 radical (unpaired) electrons. The van der Waals surface area contributed by atoms with Gasteiger partial charge in [0.25, 0.3) is 0 Å². The van der Waals surface area contributed by atoms with Crippen molar-refractivity contribution in [3.63, 3.8) is 0 Å². The number of para-hydroxylation sites is 1. The van der Waals surface area contributed by atoms with Crippen LogP contribution >= 0.6 is 23.2 Å². The van der Waals surface area contributed by atoms with E-state index < -0.39 is 16.0 Å². The fourth-order valence-corrected chi connectivity index (χ4v) is 3.33. The third-order valence-electron chi connectivity index (χ3n) is 3.56. The van der Waals surface area contributed by atoms with Crippen molar-refractivity contribution in [2.45, 2.75) is 11.5 Å². The summed E-state index contributed by atoms with van der Waals surface area (Å²) in [5.41, 5.74) is 6.22. The van der Waals surface area contributed by atoms with Crippen LogP contribution in [0.15, 0.2) is 41.3 Å². The Morgan fingerprint density at radius 3 is 2.56 bits per heavy atom. The van der Waals surface area contributed by atoms with Crippen molar-refractivity contribution >= 4 is 55.9 Å². The zero-order chi connectivity index (χ0) is 19.8. The number of hydrogen-bond acceptors (Lipinski definition) is 7. The first kappa shape index (κ1) is 19.3. The van der Waals surface area contributed by atoms with E-state index in [0.29, 0.717) is 10.9 Å². The van der Waals surface area contributed by atoms with E-state index in [1.807, 2.05) is 0 Å². The number of nitrogens with two attached hydrogens (primary N) is 2. The molecule has 0 amide bonds. The summed E-state index contributed by atoms with van der Waals surface area (Å²) < 4.78 is 28.1. The van der Waals surface area contributed by atoms with Gasteiger partial charge in [-0.2, -0.15) is 0 Å². The van der Waals surface area contributed by atoms with E-state index in [1.165, 1.54) is 0 Å². The zero-order valence-corrected chi connectivity index (χ0v) is 15.8. The number of carbonyl (C=O) groups is 1. The highest BCUT2D eigenvalue weighted by molar-refractivity contribution is 7.89. The van der Waals surface area contributed by atoms with Gasteiger partial charge in [-0.3, -0.25) is 0 Å². The van der Waals surface area contributed by atoms with Crippen LogP contribution in [0, 0.1) is 0 Å². The largest absolute Gasteiger partial charge is 0.454 e. The molecular weight excluding hydrogens is 415 g/mol. The fourth-order valence-electron chi connectivity index (χ4n) is 2.30. The monoisotopic (exact) mass is 426 g/mol. The summed E-state index contributed by atoms with van der Waals surface area (Å²) in [6.45, 7) is -0.304. The Hall–Kier alpha value is -2.46. The van der Waals surface area contributed by atoms with Crippen LogP contribution in [-0.4, -0.2) is 24.4 Å². The highest BCUT2D eigenvalue weighted by Crippen LogP contribution is 2.30.